The van der Waals surface area contributed by atoms with Crippen molar-refractivity contribution in [1.82, 2.24) is 15.0 Å². The number of hydrogen-bond acceptors (Lipinski definition) is 3. The van der Waals surface area contributed by atoms with E-state index in [4.69, 9.17) is 5.73 Å². The second-order valence-corrected chi connectivity index (χ2v) is 5.38. The van der Waals surface area contributed by atoms with E-state index in [9.17, 15) is 0 Å². The van der Waals surface area contributed by atoms with Crippen molar-refractivity contribution >= 4 is 5.82 Å². The first kappa shape index (κ1) is 11.4. The van der Waals surface area contributed by atoms with Crippen molar-refractivity contribution in [3.8, 4) is 0 Å². The highest BCUT2D eigenvalue weighted by molar-refractivity contribution is 5.35. The monoisotopic (exact) mass is 222 g/mol. The Morgan fingerprint density at radius 3 is 2.75 bits per heavy atom. The smallest absolute Gasteiger partial charge is 0.169 e. The van der Waals surface area contributed by atoms with Gasteiger partial charge in [0, 0.05) is 0 Å². The zero-order chi connectivity index (χ0) is 11.7. The van der Waals surface area contributed by atoms with E-state index in [0.717, 1.165) is 11.6 Å². The minimum absolute atomic E-state index is 0.396. The molecule has 1 aliphatic carbocycles. The lowest BCUT2D eigenvalue weighted by Crippen LogP contribution is -2.21. The number of hydrogen-bond donors (Lipinski definition) is 1. The van der Waals surface area contributed by atoms with Gasteiger partial charge in [-0.3, -0.25) is 0 Å². The lowest BCUT2D eigenvalue weighted by atomic mass is 9.87. The third-order valence-electron chi connectivity index (χ3n) is 3.56. The Morgan fingerprint density at radius 1 is 1.38 bits per heavy atom. The van der Waals surface area contributed by atoms with Gasteiger partial charge in [0.05, 0.1) is 11.7 Å². The summed E-state index contributed by atoms with van der Waals surface area (Å²) in [5.41, 5.74) is 7.00. The van der Waals surface area contributed by atoms with Gasteiger partial charge in [0.1, 0.15) is 0 Å². The second kappa shape index (κ2) is 4.44. The highest BCUT2D eigenvalue weighted by atomic mass is 15.5. The highest BCUT2D eigenvalue weighted by Gasteiger charge is 2.25. The highest BCUT2D eigenvalue weighted by Crippen LogP contribution is 2.34. The molecule has 1 aliphatic rings. The van der Waals surface area contributed by atoms with Gasteiger partial charge < -0.3 is 5.73 Å². The van der Waals surface area contributed by atoms with Gasteiger partial charge in [-0.25, -0.2) is 4.68 Å². The molecule has 4 nitrogen and oxygen atoms in total. The Balaban J connectivity index is 2.25. The van der Waals surface area contributed by atoms with Crippen LogP contribution in [-0.4, -0.2) is 15.0 Å². The molecule has 0 radical (unpaired) electrons. The van der Waals surface area contributed by atoms with E-state index in [0.29, 0.717) is 17.8 Å². The Hall–Kier alpha value is -1.06. The predicted molar refractivity (Wildman–Crippen MR) is 65.2 cm³/mol. The fraction of sp³-hybridized carbons (Fsp3) is 0.833. The van der Waals surface area contributed by atoms with E-state index in [-0.39, 0.29) is 0 Å². The van der Waals surface area contributed by atoms with Crippen LogP contribution in [-0.2, 0) is 0 Å². The van der Waals surface area contributed by atoms with Crippen LogP contribution in [0.2, 0.25) is 0 Å². The van der Waals surface area contributed by atoms with Gasteiger partial charge in [0.25, 0.3) is 0 Å². The SMILES string of the molecule is CC1CCCC(n2nnc(N)c2C(C)C)C1. The number of nitrogens with zero attached hydrogens (tertiary/aromatic N) is 3. The Kier molecular flexibility index (Phi) is 3.17. The molecule has 0 saturated heterocycles. The van der Waals surface area contributed by atoms with Crippen molar-refractivity contribution in [2.45, 2.75) is 58.4 Å². The molecule has 0 aromatic carbocycles. The van der Waals surface area contributed by atoms with Crippen LogP contribution in [0.15, 0.2) is 0 Å². The molecule has 2 rings (SSSR count). The zero-order valence-electron chi connectivity index (χ0n) is 10.5. The van der Waals surface area contributed by atoms with E-state index in [1.807, 2.05) is 0 Å². The van der Waals surface area contributed by atoms with Crippen LogP contribution in [0.1, 0.15) is 64.1 Å². The average Bonchev–Trinajstić information content (AvgIpc) is 2.60. The van der Waals surface area contributed by atoms with Crippen LogP contribution < -0.4 is 5.73 Å². The molecule has 1 saturated carbocycles. The van der Waals surface area contributed by atoms with Gasteiger partial charge in [-0.15, -0.1) is 5.10 Å². The summed E-state index contributed by atoms with van der Waals surface area (Å²) < 4.78 is 2.08. The zero-order valence-corrected chi connectivity index (χ0v) is 10.5. The van der Waals surface area contributed by atoms with Gasteiger partial charge in [-0.2, -0.15) is 0 Å². The van der Waals surface area contributed by atoms with Crippen LogP contribution in [0.4, 0.5) is 5.82 Å². The molecule has 1 aromatic rings. The van der Waals surface area contributed by atoms with E-state index in [2.05, 4.69) is 35.8 Å². The minimum Gasteiger partial charge on any atom is -0.381 e. The van der Waals surface area contributed by atoms with Gasteiger partial charge in [-0.05, 0) is 24.7 Å². The minimum atomic E-state index is 0.396. The topological polar surface area (TPSA) is 56.7 Å². The van der Waals surface area contributed by atoms with Crippen molar-refractivity contribution in [2.75, 3.05) is 5.73 Å². The molecule has 1 fully saturated rings. The number of aromatic nitrogens is 3. The fourth-order valence-electron chi connectivity index (χ4n) is 2.77. The van der Waals surface area contributed by atoms with Crippen LogP contribution in [0.3, 0.4) is 0 Å². The van der Waals surface area contributed by atoms with Crippen molar-refractivity contribution in [3.05, 3.63) is 5.69 Å². The van der Waals surface area contributed by atoms with E-state index < -0.39 is 0 Å². The molecule has 2 N–H and O–H groups in total. The summed E-state index contributed by atoms with van der Waals surface area (Å²) in [5, 5.41) is 8.27. The van der Waals surface area contributed by atoms with E-state index >= 15 is 0 Å². The molecule has 16 heavy (non-hydrogen) atoms. The maximum atomic E-state index is 5.89. The summed E-state index contributed by atoms with van der Waals surface area (Å²) in [6.07, 6.45) is 5.07. The molecule has 90 valence electrons. The van der Waals surface area contributed by atoms with Crippen molar-refractivity contribution in [1.29, 1.82) is 0 Å². The van der Waals surface area contributed by atoms with Crippen molar-refractivity contribution in [2.24, 2.45) is 5.92 Å². The largest absolute Gasteiger partial charge is 0.381 e. The Morgan fingerprint density at radius 2 is 2.12 bits per heavy atom. The van der Waals surface area contributed by atoms with Crippen LogP contribution in [0.5, 0.6) is 0 Å². The summed E-state index contributed by atoms with van der Waals surface area (Å²) in [4.78, 5) is 0. The number of rotatable bonds is 2. The molecular formula is C12H22N4. The Bertz CT molecular complexity index is 356. The maximum absolute atomic E-state index is 5.89. The van der Waals surface area contributed by atoms with Crippen LogP contribution >= 0.6 is 0 Å². The molecule has 0 spiro atoms. The van der Waals surface area contributed by atoms with Gasteiger partial charge in [-0.1, -0.05) is 38.8 Å². The number of nitrogens with two attached hydrogens (primary N) is 1. The normalized spacial score (nSPS) is 26.2. The maximum Gasteiger partial charge on any atom is 0.169 e. The molecule has 0 aliphatic heterocycles. The summed E-state index contributed by atoms with van der Waals surface area (Å²) in [7, 11) is 0. The van der Waals surface area contributed by atoms with Gasteiger partial charge >= 0.3 is 0 Å². The van der Waals surface area contributed by atoms with Crippen LogP contribution in [0, 0.1) is 5.92 Å². The van der Waals surface area contributed by atoms with Crippen LogP contribution in [0.25, 0.3) is 0 Å². The third-order valence-corrected chi connectivity index (χ3v) is 3.56. The molecule has 0 bridgehead atoms. The first-order valence-electron chi connectivity index (χ1n) is 6.30. The number of nitrogen functional groups attached to an aromatic ring is 1. The predicted octanol–water partition coefficient (Wildman–Crippen LogP) is 2.73. The Labute approximate surface area is 97.2 Å². The van der Waals surface area contributed by atoms with Crippen molar-refractivity contribution < 1.29 is 0 Å². The van der Waals surface area contributed by atoms with E-state index in [1.54, 1.807) is 0 Å². The first-order valence-corrected chi connectivity index (χ1v) is 6.30. The van der Waals surface area contributed by atoms with Crippen molar-refractivity contribution in [3.63, 3.8) is 0 Å². The molecule has 2 unspecified atom stereocenters. The quantitative estimate of drug-likeness (QED) is 0.837. The summed E-state index contributed by atoms with van der Waals surface area (Å²) in [6.45, 7) is 6.62. The number of anilines is 1. The summed E-state index contributed by atoms with van der Waals surface area (Å²) in [5.74, 6) is 1.80. The molecule has 0 amide bonds. The van der Waals surface area contributed by atoms with Gasteiger partial charge in [0.2, 0.25) is 0 Å². The first-order chi connectivity index (χ1) is 7.59. The molecule has 2 atom stereocenters. The average molecular weight is 222 g/mol. The summed E-state index contributed by atoms with van der Waals surface area (Å²) >= 11 is 0. The summed E-state index contributed by atoms with van der Waals surface area (Å²) in [6, 6.07) is 0.506. The third kappa shape index (κ3) is 2.06. The fourth-order valence-corrected chi connectivity index (χ4v) is 2.77. The van der Waals surface area contributed by atoms with Gasteiger partial charge in [0.15, 0.2) is 5.82 Å². The lowest BCUT2D eigenvalue weighted by Gasteiger charge is -2.28. The molecular weight excluding hydrogens is 200 g/mol. The molecule has 1 aromatic heterocycles. The molecule has 1 heterocycles. The lowest BCUT2D eigenvalue weighted by molar-refractivity contribution is 0.257. The second-order valence-electron chi connectivity index (χ2n) is 5.38. The molecule has 4 heteroatoms. The van der Waals surface area contributed by atoms with E-state index in [1.165, 1.54) is 25.7 Å². The standard InChI is InChI=1S/C12H22N4/c1-8(2)11-12(13)14-15-16(11)10-6-4-5-9(3)7-10/h8-10H,4-7,13H2,1-3H3.